The summed E-state index contributed by atoms with van der Waals surface area (Å²) in [5.41, 5.74) is 3.72. The van der Waals surface area contributed by atoms with Gasteiger partial charge in [-0.3, -0.25) is 14.2 Å². The number of fused-ring (bicyclic) bond motifs is 1. The van der Waals surface area contributed by atoms with Crippen molar-refractivity contribution in [1.82, 2.24) is 9.55 Å². The molecule has 1 N–H and O–H groups in total. The molecule has 0 radical (unpaired) electrons. The molecular weight excluding hydrogens is 450 g/mol. The number of methoxy groups -OCH3 is 2. The second kappa shape index (κ2) is 10.0. The van der Waals surface area contributed by atoms with Gasteiger partial charge in [0.25, 0.3) is 5.56 Å². The van der Waals surface area contributed by atoms with Crippen LogP contribution in [0.4, 0.5) is 5.69 Å². The van der Waals surface area contributed by atoms with Crippen LogP contribution in [0.1, 0.15) is 11.1 Å². The zero-order valence-electron chi connectivity index (χ0n) is 19.4. The molecule has 1 amide bonds. The van der Waals surface area contributed by atoms with E-state index in [2.05, 4.69) is 5.32 Å². The minimum absolute atomic E-state index is 0.0516. The van der Waals surface area contributed by atoms with Crippen molar-refractivity contribution in [2.24, 2.45) is 0 Å². The van der Waals surface area contributed by atoms with Crippen molar-refractivity contribution in [3.8, 4) is 17.2 Å². The van der Waals surface area contributed by atoms with Gasteiger partial charge in [0.2, 0.25) is 5.91 Å². The number of nitrogens with zero attached hydrogens (tertiary/aromatic N) is 2. The number of aryl methyl sites for hydroxylation is 2. The van der Waals surface area contributed by atoms with Gasteiger partial charge in [-0.25, -0.2) is 4.98 Å². The first-order chi connectivity index (χ1) is 16.4. The maximum atomic E-state index is 13.5. The van der Waals surface area contributed by atoms with Gasteiger partial charge in [0.15, 0.2) is 5.16 Å². The molecule has 0 aliphatic rings. The van der Waals surface area contributed by atoms with Crippen molar-refractivity contribution in [2.45, 2.75) is 19.0 Å². The highest BCUT2D eigenvalue weighted by molar-refractivity contribution is 7.99. The first-order valence-corrected chi connectivity index (χ1v) is 11.6. The van der Waals surface area contributed by atoms with Crippen molar-refractivity contribution in [3.63, 3.8) is 0 Å². The molecule has 4 aromatic rings. The van der Waals surface area contributed by atoms with E-state index < -0.39 is 0 Å². The summed E-state index contributed by atoms with van der Waals surface area (Å²) < 4.78 is 12.2. The summed E-state index contributed by atoms with van der Waals surface area (Å²) in [6.07, 6.45) is 0. The molecule has 0 aliphatic carbocycles. The standard InChI is InChI=1S/C26H25N3O4S/c1-16-9-11-22(17(2)13-16)29-25(31)19-7-5-6-8-20(19)28-26(29)34-15-24(30)27-21-14-18(32-3)10-12-23(21)33-4/h5-14H,15H2,1-4H3,(H,27,30). The van der Waals surface area contributed by atoms with Crippen molar-refractivity contribution in [2.75, 3.05) is 25.3 Å². The number of hydrogen-bond donors (Lipinski definition) is 1. The minimum atomic E-state index is -0.258. The molecule has 4 rings (SSSR count). The SMILES string of the molecule is COc1ccc(OC)c(NC(=O)CSc2nc3ccccc3c(=O)n2-c2ccc(C)cc2C)c1. The van der Waals surface area contributed by atoms with Crippen molar-refractivity contribution in [3.05, 3.63) is 82.1 Å². The normalized spacial score (nSPS) is 10.8. The molecule has 0 unspecified atom stereocenters. The second-order valence-corrected chi connectivity index (χ2v) is 8.69. The Balaban J connectivity index is 1.68. The number of carbonyl (C=O) groups excluding carboxylic acids is 1. The molecule has 34 heavy (non-hydrogen) atoms. The average molecular weight is 476 g/mol. The molecule has 0 atom stereocenters. The highest BCUT2D eigenvalue weighted by Gasteiger charge is 2.17. The van der Waals surface area contributed by atoms with Gasteiger partial charge < -0.3 is 14.8 Å². The Morgan fingerprint density at radius 2 is 1.82 bits per heavy atom. The Morgan fingerprint density at radius 1 is 1.03 bits per heavy atom. The van der Waals surface area contributed by atoms with Crippen LogP contribution in [-0.4, -0.2) is 35.4 Å². The third kappa shape index (κ3) is 4.77. The number of hydrogen-bond acceptors (Lipinski definition) is 6. The number of ether oxygens (including phenoxy) is 2. The fourth-order valence-electron chi connectivity index (χ4n) is 3.71. The van der Waals surface area contributed by atoms with Gasteiger partial charge in [-0.2, -0.15) is 0 Å². The predicted molar refractivity (Wildman–Crippen MR) is 136 cm³/mol. The zero-order valence-corrected chi connectivity index (χ0v) is 20.2. The average Bonchev–Trinajstić information content (AvgIpc) is 2.83. The Kier molecular flexibility index (Phi) is 6.88. The Hall–Kier alpha value is -3.78. The molecule has 0 saturated heterocycles. The molecule has 1 heterocycles. The number of nitrogens with one attached hydrogen (secondary N) is 1. The summed E-state index contributed by atoms with van der Waals surface area (Å²) in [5, 5.41) is 3.83. The van der Waals surface area contributed by atoms with E-state index in [-0.39, 0.29) is 17.2 Å². The van der Waals surface area contributed by atoms with E-state index in [0.29, 0.717) is 33.2 Å². The molecule has 3 aromatic carbocycles. The van der Waals surface area contributed by atoms with Gasteiger partial charge in [0, 0.05) is 6.07 Å². The van der Waals surface area contributed by atoms with E-state index in [9.17, 15) is 9.59 Å². The highest BCUT2D eigenvalue weighted by atomic mass is 32.2. The zero-order chi connectivity index (χ0) is 24.2. The van der Waals surface area contributed by atoms with Crippen molar-refractivity contribution in [1.29, 1.82) is 0 Å². The quantitative estimate of drug-likeness (QED) is 0.307. The highest BCUT2D eigenvalue weighted by Crippen LogP contribution is 2.29. The molecule has 0 aliphatic heterocycles. The molecule has 1 aromatic heterocycles. The Bertz CT molecular complexity index is 1430. The summed E-state index contributed by atoms with van der Waals surface area (Å²) in [7, 11) is 3.09. The smallest absolute Gasteiger partial charge is 0.266 e. The molecule has 0 fully saturated rings. The van der Waals surface area contributed by atoms with E-state index in [1.54, 1.807) is 42.0 Å². The number of thioether (sulfide) groups is 1. The number of benzene rings is 3. The molecule has 174 valence electrons. The van der Waals surface area contributed by atoms with Crippen LogP contribution in [0, 0.1) is 13.8 Å². The van der Waals surface area contributed by atoms with Gasteiger partial charge in [-0.15, -0.1) is 0 Å². The van der Waals surface area contributed by atoms with Crippen LogP contribution < -0.4 is 20.3 Å². The van der Waals surface area contributed by atoms with Gasteiger partial charge in [-0.05, 0) is 49.7 Å². The summed E-state index contributed by atoms with van der Waals surface area (Å²) in [5.74, 6) is 0.917. The van der Waals surface area contributed by atoms with E-state index >= 15 is 0 Å². The second-order valence-electron chi connectivity index (χ2n) is 7.75. The summed E-state index contributed by atoms with van der Waals surface area (Å²) in [4.78, 5) is 31.0. The van der Waals surface area contributed by atoms with Crippen LogP contribution in [0.15, 0.2) is 70.6 Å². The Labute approximate surface area is 201 Å². The van der Waals surface area contributed by atoms with Crippen molar-refractivity contribution >= 4 is 34.3 Å². The number of anilines is 1. The van der Waals surface area contributed by atoms with Crippen LogP contribution in [-0.2, 0) is 4.79 Å². The van der Waals surface area contributed by atoms with Crippen LogP contribution in [0.5, 0.6) is 11.5 Å². The lowest BCUT2D eigenvalue weighted by Gasteiger charge is -2.16. The molecule has 8 heteroatoms. The van der Waals surface area contributed by atoms with E-state index in [4.69, 9.17) is 14.5 Å². The molecule has 0 spiro atoms. The van der Waals surface area contributed by atoms with Crippen LogP contribution in [0.3, 0.4) is 0 Å². The van der Waals surface area contributed by atoms with Gasteiger partial charge in [0.05, 0.1) is 42.3 Å². The van der Waals surface area contributed by atoms with E-state index in [1.807, 2.05) is 44.2 Å². The molecule has 7 nitrogen and oxygen atoms in total. The largest absolute Gasteiger partial charge is 0.497 e. The minimum Gasteiger partial charge on any atom is -0.497 e. The molecule has 0 saturated carbocycles. The molecule has 0 bridgehead atoms. The third-order valence-corrected chi connectivity index (χ3v) is 6.29. The maximum Gasteiger partial charge on any atom is 0.266 e. The fraction of sp³-hybridized carbons (Fsp3) is 0.192. The summed E-state index contributed by atoms with van der Waals surface area (Å²) >= 11 is 1.20. The number of amides is 1. The van der Waals surface area contributed by atoms with Gasteiger partial charge in [-0.1, -0.05) is 41.6 Å². The molecular formula is C26H25N3O4S. The number of carbonyl (C=O) groups is 1. The van der Waals surface area contributed by atoms with Crippen molar-refractivity contribution < 1.29 is 14.3 Å². The van der Waals surface area contributed by atoms with Gasteiger partial charge >= 0.3 is 0 Å². The van der Waals surface area contributed by atoms with E-state index in [1.165, 1.54) is 18.9 Å². The monoisotopic (exact) mass is 475 g/mol. The summed E-state index contributed by atoms with van der Waals surface area (Å²) in [6, 6.07) is 18.3. The lowest BCUT2D eigenvalue weighted by atomic mass is 10.1. The number of rotatable bonds is 7. The van der Waals surface area contributed by atoms with Crippen LogP contribution in [0.25, 0.3) is 16.6 Å². The van der Waals surface area contributed by atoms with Crippen LogP contribution >= 0.6 is 11.8 Å². The number of aromatic nitrogens is 2. The lowest BCUT2D eigenvalue weighted by Crippen LogP contribution is -2.23. The maximum absolute atomic E-state index is 13.5. The first kappa shape index (κ1) is 23.4. The predicted octanol–water partition coefficient (Wildman–Crippen LogP) is 4.75. The Morgan fingerprint density at radius 3 is 2.56 bits per heavy atom. The van der Waals surface area contributed by atoms with Gasteiger partial charge in [0.1, 0.15) is 11.5 Å². The third-order valence-electron chi connectivity index (χ3n) is 5.35. The lowest BCUT2D eigenvalue weighted by molar-refractivity contribution is -0.113. The number of para-hydroxylation sites is 1. The van der Waals surface area contributed by atoms with E-state index in [0.717, 1.165) is 16.8 Å². The fourth-order valence-corrected chi connectivity index (χ4v) is 4.51. The topological polar surface area (TPSA) is 82.5 Å². The first-order valence-electron chi connectivity index (χ1n) is 10.7. The van der Waals surface area contributed by atoms with Crippen LogP contribution in [0.2, 0.25) is 0 Å². The summed E-state index contributed by atoms with van der Waals surface area (Å²) in [6.45, 7) is 3.96.